The maximum Gasteiger partial charge on any atom is 0.0497 e. The van der Waals surface area contributed by atoms with Gasteiger partial charge in [0.15, 0.2) is 0 Å². The molecule has 0 fully saturated rings. The fraction of sp³-hybridized carbons (Fsp3) is 0. The molecule has 0 heterocycles. The van der Waals surface area contributed by atoms with Gasteiger partial charge in [-0.2, -0.15) is 0 Å². The van der Waals surface area contributed by atoms with E-state index in [0.29, 0.717) is 0 Å². The van der Waals surface area contributed by atoms with Gasteiger partial charge in [0, 0.05) is 17.5 Å². The first-order valence-electron chi connectivity index (χ1n) is 2.96. The van der Waals surface area contributed by atoms with Crippen LogP contribution in [-0.4, -0.2) is 0 Å². The van der Waals surface area contributed by atoms with Crippen molar-refractivity contribution in [3.8, 4) is 0 Å². The van der Waals surface area contributed by atoms with Crippen LogP contribution in [0, 0.1) is 0 Å². The molecule has 2 heteroatoms. The molecule has 0 saturated carbocycles. The molecule has 0 unspecified atom stereocenters. The zero-order valence-corrected chi connectivity index (χ0v) is 6.23. The van der Waals surface area contributed by atoms with Crippen molar-refractivity contribution in [2.45, 2.75) is 0 Å². The molecule has 0 bridgehead atoms. The van der Waals surface area contributed by atoms with Crippen LogP contribution in [0.3, 0.4) is 0 Å². The Morgan fingerprint density at radius 2 is 2.30 bits per heavy atom. The fourth-order valence-corrected chi connectivity index (χ4v) is 0.842. The lowest BCUT2D eigenvalue weighted by Gasteiger charge is -1.97. The van der Waals surface area contributed by atoms with Gasteiger partial charge in [-0.05, 0) is 17.7 Å². The van der Waals surface area contributed by atoms with Crippen molar-refractivity contribution < 1.29 is 0 Å². The number of rotatable bonds is 2. The van der Waals surface area contributed by atoms with Crippen molar-refractivity contribution in [1.29, 1.82) is 0 Å². The molecule has 0 aliphatic heterocycles. The molecule has 0 aliphatic rings. The van der Waals surface area contributed by atoms with Crippen molar-refractivity contribution in [2.24, 2.45) is 0 Å². The largest absolute Gasteiger partial charge is 0.298 e. The fourth-order valence-electron chi connectivity index (χ4n) is 0.724. The number of hydrogen-bond donors (Lipinski definition) is 1. The smallest absolute Gasteiger partial charge is 0.0497 e. The molecule has 0 atom stereocenters. The Hall–Kier alpha value is -0.950. The van der Waals surface area contributed by atoms with Gasteiger partial charge in [0.2, 0.25) is 0 Å². The van der Waals surface area contributed by atoms with Crippen LogP contribution in [0.1, 0.15) is 5.56 Å². The van der Waals surface area contributed by atoms with Crippen LogP contribution in [0.2, 0.25) is 0 Å². The summed E-state index contributed by atoms with van der Waals surface area (Å²) in [5, 5.41) is 0. The van der Waals surface area contributed by atoms with Crippen LogP contribution in [0.25, 0.3) is 6.08 Å². The highest BCUT2D eigenvalue weighted by Crippen LogP contribution is 2.11. The summed E-state index contributed by atoms with van der Waals surface area (Å²) in [5.41, 5.74) is 1.95. The highest BCUT2D eigenvalue weighted by Gasteiger charge is 1.87. The summed E-state index contributed by atoms with van der Waals surface area (Å²) in [4.78, 5) is 2.53. The van der Waals surface area contributed by atoms with E-state index in [1.807, 2.05) is 24.3 Å². The maximum absolute atomic E-state index is 5.37. The SMILES string of the molecule is C=Cc1cccc(NCl)c1. The predicted octanol–water partition coefficient (Wildman–Crippen LogP) is 2.90. The third-order valence-corrected chi connectivity index (χ3v) is 1.45. The molecule has 1 nitrogen and oxygen atoms in total. The molecule has 0 amide bonds. The maximum atomic E-state index is 5.37. The van der Waals surface area contributed by atoms with Gasteiger partial charge in [-0.3, -0.25) is 4.84 Å². The molecule has 1 aromatic carbocycles. The van der Waals surface area contributed by atoms with Gasteiger partial charge in [0.05, 0.1) is 0 Å². The molecule has 1 N–H and O–H groups in total. The zero-order valence-electron chi connectivity index (χ0n) is 5.47. The van der Waals surface area contributed by atoms with Gasteiger partial charge in [-0.1, -0.05) is 24.8 Å². The van der Waals surface area contributed by atoms with Crippen LogP contribution in [0.4, 0.5) is 5.69 Å². The van der Waals surface area contributed by atoms with Gasteiger partial charge in [-0.25, -0.2) is 0 Å². The summed E-state index contributed by atoms with van der Waals surface area (Å²) in [6, 6.07) is 7.69. The second-order valence-electron chi connectivity index (χ2n) is 1.92. The van der Waals surface area contributed by atoms with Crippen LogP contribution in [0.5, 0.6) is 0 Å². The quantitative estimate of drug-likeness (QED) is 0.645. The first-order valence-corrected chi connectivity index (χ1v) is 3.34. The van der Waals surface area contributed by atoms with Crippen LogP contribution in [-0.2, 0) is 0 Å². The molecule has 1 aromatic rings. The Bertz CT molecular complexity index is 232. The lowest BCUT2D eigenvalue weighted by atomic mass is 10.2. The van der Waals surface area contributed by atoms with E-state index in [9.17, 15) is 0 Å². The molecule has 52 valence electrons. The van der Waals surface area contributed by atoms with E-state index in [4.69, 9.17) is 11.8 Å². The molecule has 0 saturated heterocycles. The van der Waals surface area contributed by atoms with Gasteiger partial charge in [0.1, 0.15) is 0 Å². The van der Waals surface area contributed by atoms with Gasteiger partial charge < -0.3 is 0 Å². The lowest BCUT2D eigenvalue weighted by Crippen LogP contribution is -1.79. The van der Waals surface area contributed by atoms with Crippen molar-refractivity contribution in [1.82, 2.24) is 0 Å². The molecule has 0 aromatic heterocycles. The summed E-state index contributed by atoms with van der Waals surface area (Å²) >= 11 is 5.37. The standard InChI is InChI=1S/C8H8ClN/c1-2-7-4-3-5-8(6-7)10-9/h2-6,10H,1H2. The summed E-state index contributed by atoms with van der Waals surface area (Å²) in [6.07, 6.45) is 1.78. The zero-order chi connectivity index (χ0) is 7.40. The number of anilines is 1. The van der Waals surface area contributed by atoms with Gasteiger partial charge in [-0.15, -0.1) is 0 Å². The Labute approximate surface area is 65.4 Å². The third kappa shape index (κ3) is 1.52. The first-order chi connectivity index (χ1) is 4.86. The number of nitrogens with one attached hydrogen (secondary N) is 1. The normalized spacial score (nSPS) is 8.90. The van der Waals surface area contributed by atoms with Crippen molar-refractivity contribution in [2.75, 3.05) is 4.84 Å². The summed E-state index contributed by atoms with van der Waals surface area (Å²) in [6.45, 7) is 3.64. The van der Waals surface area contributed by atoms with Crippen LogP contribution < -0.4 is 4.84 Å². The van der Waals surface area contributed by atoms with E-state index in [1.54, 1.807) is 6.08 Å². The lowest BCUT2D eigenvalue weighted by molar-refractivity contribution is 1.64. The average molecular weight is 154 g/mol. The van der Waals surface area contributed by atoms with Crippen molar-refractivity contribution >= 4 is 23.5 Å². The number of benzene rings is 1. The van der Waals surface area contributed by atoms with Crippen molar-refractivity contribution in [3.05, 3.63) is 36.4 Å². The van der Waals surface area contributed by atoms with Crippen molar-refractivity contribution in [3.63, 3.8) is 0 Å². The molecular formula is C8H8ClN. The molecule has 0 aliphatic carbocycles. The summed E-state index contributed by atoms with van der Waals surface area (Å²) in [7, 11) is 0. The van der Waals surface area contributed by atoms with E-state index in [-0.39, 0.29) is 0 Å². The van der Waals surface area contributed by atoms with E-state index < -0.39 is 0 Å². The van der Waals surface area contributed by atoms with E-state index >= 15 is 0 Å². The first kappa shape index (κ1) is 7.16. The second-order valence-corrected chi connectivity index (χ2v) is 2.11. The Morgan fingerprint density at radius 1 is 1.50 bits per heavy atom. The predicted molar refractivity (Wildman–Crippen MR) is 46.0 cm³/mol. The minimum Gasteiger partial charge on any atom is -0.298 e. The highest BCUT2D eigenvalue weighted by molar-refractivity contribution is 6.23. The third-order valence-electron chi connectivity index (χ3n) is 1.23. The molecule has 0 radical (unpaired) electrons. The minimum absolute atomic E-state index is 0.888. The molecule has 1 rings (SSSR count). The molecule has 10 heavy (non-hydrogen) atoms. The number of halogens is 1. The Morgan fingerprint density at radius 3 is 2.90 bits per heavy atom. The van der Waals surface area contributed by atoms with E-state index in [0.717, 1.165) is 11.3 Å². The van der Waals surface area contributed by atoms with Gasteiger partial charge >= 0.3 is 0 Å². The second kappa shape index (κ2) is 3.28. The van der Waals surface area contributed by atoms with Crippen LogP contribution in [0.15, 0.2) is 30.8 Å². The minimum atomic E-state index is 0.888. The monoisotopic (exact) mass is 153 g/mol. The molecule has 0 spiro atoms. The topological polar surface area (TPSA) is 12.0 Å². The summed E-state index contributed by atoms with van der Waals surface area (Å²) < 4.78 is 0. The Balaban J connectivity index is 2.98. The van der Waals surface area contributed by atoms with Crippen LogP contribution >= 0.6 is 11.8 Å². The summed E-state index contributed by atoms with van der Waals surface area (Å²) in [5.74, 6) is 0. The Kier molecular flexibility index (Phi) is 2.35. The van der Waals surface area contributed by atoms with Gasteiger partial charge in [0.25, 0.3) is 0 Å². The molecular weight excluding hydrogens is 146 g/mol. The van der Waals surface area contributed by atoms with E-state index in [2.05, 4.69) is 11.4 Å². The highest BCUT2D eigenvalue weighted by atomic mass is 35.5. The number of hydrogen-bond acceptors (Lipinski definition) is 1. The average Bonchev–Trinajstić information content (AvgIpc) is 2.05. The van der Waals surface area contributed by atoms with E-state index in [1.165, 1.54) is 0 Å².